The normalized spacial score (nSPS) is 12.8. The SMILES string of the molecule is CCSCCC(O)Cc1cccc(Cl)c1Cl. The van der Waals surface area contributed by atoms with Crippen LogP contribution in [0.4, 0.5) is 0 Å². The van der Waals surface area contributed by atoms with E-state index in [4.69, 9.17) is 23.2 Å². The van der Waals surface area contributed by atoms with Crippen LogP contribution in [0.1, 0.15) is 18.9 Å². The Hall–Kier alpha value is 0.110. The molecule has 90 valence electrons. The summed E-state index contributed by atoms with van der Waals surface area (Å²) in [5.41, 5.74) is 0.920. The molecular weight excluding hydrogens is 263 g/mol. The van der Waals surface area contributed by atoms with Crippen molar-refractivity contribution in [2.45, 2.75) is 25.9 Å². The molecule has 1 unspecified atom stereocenters. The molecule has 1 nitrogen and oxygen atoms in total. The molecule has 1 aromatic carbocycles. The maximum Gasteiger partial charge on any atom is 0.0625 e. The summed E-state index contributed by atoms with van der Waals surface area (Å²) >= 11 is 13.8. The topological polar surface area (TPSA) is 20.2 Å². The van der Waals surface area contributed by atoms with E-state index in [0.717, 1.165) is 23.5 Å². The van der Waals surface area contributed by atoms with Crippen molar-refractivity contribution >= 4 is 35.0 Å². The van der Waals surface area contributed by atoms with E-state index in [-0.39, 0.29) is 6.10 Å². The molecule has 0 aliphatic rings. The Kier molecular flexibility index (Phi) is 6.59. The van der Waals surface area contributed by atoms with Crippen LogP contribution >= 0.6 is 35.0 Å². The smallest absolute Gasteiger partial charge is 0.0625 e. The van der Waals surface area contributed by atoms with Gasteiger partial charge in [0, 0.05) is 0 Å². The van der Waals surface area contributed by atoms with Crippen LogP contribution in [-0.2, 0) is 6.42 Å². The zero-order chi connectivity index (χ0) is 12.0. The fourth-order valence-electron chi connectivity index (χ4n) is 1.43. The largest absolute Gasteiger partial charge is 0.393 e. The molecule has 16 heavy (non-hydrogen) atoms. The summed E-state index contributed by atoms with van der Waals surface area (Å²) in [6.07, 6.45) is 1.03. The molecule has 0 saturated carbocycles. The highest BCUT2D eigenvalue weighted by molar-refractivity contribution is 7.99. The molecule has 1 atom stereocenters. The maximum atomic E-state index is 9.83. The second kappa shape index (κ2) is 7.44. The number of thioether (sulfide) groups is 1. The highest BCUT2D eigenvalue weighted by Gasteiger charge is 2.10. The standard InChI is InChI=1S/C12H16Cl2OS/c1-2-16-7-6-10(15)8-9-4-3-5-11(13)12(9)14/h3-5,10,15H,2,6-8H2,1H3. The van der Waals surface area contributed by atoms with Gasteiger partial charge in [0.2, 0.25) is 0 Å². The molecule has 0 aliphatic carbocycles. The fraction of sp³-hybridized carbons (Fsp3) is 0.500. The van der Waals surface area contributed by atoms with Crippen LogP contribution in [0.15, 0.2) is 18.2 Å². The monoisotopic (exact) mass is 278 g/mol. The highest BCUT2D eigenvalue weighted by Crippen LogP contribution is 2.26. The predicted octanol–water partition coefficient (Wildman–Crippen LogP) is 4.04. The highest BCUT2D eigenvalue weighted by atomic mass is 35.5. The minimum absolute atomic E-state index is 0.338. The summed E-state index contributed by atoms with van der Waals surface area (Å²) in [6.45, 7) is 2.12. The van der Waals surface area contributed by atoms with E-state index >= 15 is 0 Å². The van der Waals surface area contributed by atoms with Crippen LogP contribution in [0.25, 0.3) is 0 Å². The minimum atomic E-state index is -0.338. The second-order valence-corrected chi connectivity index (χ2v) is 5.74. The van der Waals surface area contributed by atoms with E-state index in [9.17, 15) is 5.11 Å². The van der Waals surface area contributed by atoms with E-state index in [2.05, 4.69) is 6.92 Å². The predicted molar refractivity (Wildman–Crippen MR) is 73.8 cm³/mol. The third kappa shape index (κ3) is 4.54. The van der Waals surface area contributed by atoms with Crippen LogP contribution in [0, 0.1) is 0 Å². The Balaban J connectivity index is 2.49. The van der Waals surface area contributed by atoms with Crippen molar-refractivity contribution in [1.29, 1.82) is 0 Å². The lowest BCUT2D eigenvalue weighted by Crippen LogP contribution is -2.12. The molecule has 0 spiro atoms. The van der Waals surface area contributed by atoms with Crippen molar-refractivity contribution in [2.24, 2.45) is 0 Å². The summed E-state index contributed by atoms with van der Waals surface area (Å²) in [5, 5.41) is 10.9. The van der Waals surface area contributed by atoms with Crippen LogP contribution in [-0.4, -0.2) is 22.7 Å². The van der Waals surface area contributed by atoms with Crippen LogP contribution < -0.4 is 0 Å². The molecule has 0 aromatic heterocycles. The first-order chi connectivity index (χ1) is 7.65. The fourth-order valence-corrected chi connectivity index (χ4v) is 2.55. The molecule has 0 aliphatic heterocycles. The van der Waals surface area contributed by atoms with Gasteiger partial charge < -0.3 is 5.11 Å². The first kappa shape index (κ1) is 14.2. The quantitative estimate of drug-likeness (QED) is 0.793. The Morgan fingerprint density at radius 3 is 2.81 bits per heavy atom. The molecule has 1 N–H and O–H groups in total. The van der Waals surface area contributed by atoms with Gasteiger partial charge in [-0.25, -0.2) is 0 Å². The van der Waals surface area contributed by atoms with Gasteiger partial charge >= 0.3 is 0 Å². The van der Waals surface area contributed by atoms with Gasteiger partial charge in [-0.15, -0.1) is 0 Å². The van der Waals surface area contributed by atoms with Gasteiger partial charge in [-0.05, 0) is 36.0 Å². The van der Waals surface area contributed by atoms with Crippen LogP contribution in [0.3, 0.4) is 0 Å². The van der Waals surface area contributed by atoms with Crippen LogP contribution in [0.2, 0.25) is 10.0 Å². The zero-order valence-corrected chi connectivity index (χ0v) is 11.6. The Bertz CT molecular complexity index is 331. The Morgan fingerprint density at radius 1 is 1.38 bits per heavy atom. The summed E-state index contributed by atoms with van der Waals surface area (Å²) in [4.78, 5) is 0. The molecule has 0 amide bonds. The molecule has 0 radical (unpaired) electrons. The van der Waals surface area contributed by atoms with Crippen molar-refractivity contribution in [3.05, 3.63) is 33.8 Å². The number of hydrogen-bond donors (Lipinski definition) is 1. The van der Waals surface area contributed by atoms with E-state index in [1.807, 2.05) is 23.9 Å². The number of hydrogen-bond acceptors (Lipinski definition) is 2. The molecule has 1 aromatic rings. The van der Waals surface area contributed by atoms with Gasteiger partial charge in [-0.3, -0.25) is 0 Å². The van der Waals surface area contributed by atoms with Gasteiger partial charge in [0.05, 0.1) is 16.1 Å². The van der Waals surface area contributed by atoms with Crippen LogP contribution in [0.5, 0.6) is 0 Å². The summed E-state index contributed by atoms with van der Waals surface area (Å²) < 4.78 is 0. The van der Waals surface area contributed by atoms with Crippen molar-refractivity contribution in [1.82, 2.24) is 0 Å². The van der Waals surface area contributed by atoms with E-state index < -0.39 is 0 Å². The van der Waals surface area contributed by atoms with E-state index in [0.29, 0.717) is 16.5 Å². The Labute approximate surface area is 111 Å². The number of halogens is 2. The average molecular weight is 279 g/mol. The number of aliphatic hydroxyl groups excluding tert-OH is 1. The third-order valence-electron chi connectivity index (χ3n) is 2.29. The van der Waals surface area contributed by atoms with Gasteiger partial charge in [-0.2, -0.15) is 11.8 Å². The molecule has 1 rings (SSSR count). The molecule has 0 heterocycles. The minimum Gasteiger partial charge on any atom is -0.393 e. The lowest BCUT2D eigenvalue weighted by Gasteiger charge is -2.11. The first-order valence-corrected chi connectivity index (χ1v) is 7.25. The average Bonchev–Trinajstić information content (AvgIpc) is 2.25. The number of benzene rings is 1. The molecule has 4 heteroatoms. The van der Waals surface area contributed by atoms with Gasteiger partial charge in [0.25, 0.3) is 0 Å². The van der Waals surface area contributed by atoms with Gasteiger partial charge in [0.15, 0.2) is 0 Å². The maximum absolute atomic E-state index is 9.83. The first-order valence-electron chi connectivity index (χ1n) is 5.33. The summed E-state index contributed by atoms with van der Waals surface area (Å²) in [6, 6.07) is 5.52. The van der Waals surface area contributed by atoms with Crippen molar-refractivity contribution in [2.75, 3.05) is 11.5 Å². The lowest BCUT2D eigenvalue weighted by atomic mass is 10.1. The summed E-state index contributed by atoms with van der Waals surface area (Å²) in [5.74, 6) is 2.07. The third-order valence-corrected chi connectivity index (χ3v) is 4.08. The van der Waals surface area contributed by atoms with Gasteiger partial charge in [-0.1, -0.05) is 42.3 Å². The Morgan fingerprint density at radius 2 is 2.12 bits per heavy atom. The van der Waals surface area contributed by atoms with Crippen molar-refractivity contribution in [3.63, 3.8) is 0 Å². The molecule has 0 fully saturated rings. The van der Waals surface area contributed by atoms with Crippen molar-refractivity contribution < 1.29 is 5.11 Å². The van der Waals surface area contributed by atoms with Gasteiger partial charge in [0.1, 0.15) is 0 Å². The molecule has 0 saturated heterocycles. The second-order valence-electron chi connectivity index (χ2n) is 3.56. The van der Waals surface area contributed by atoms with E-state index in [1.165, 1.54) is 0 Å². The summed E-state index contributed by atoms with van der Waals surface area (Å²) in [7, 11) is 0. The number of rotatable bonds is 6. The zero-order valence-electron chi connectivity index (χ0n) is 9.25. The van der Waals surface area contributed by atoms with E-state index in [1.54, 1.807) is 6.07 Å². The molecular formula is C12H16Cl2OS. The van der Waals surface area contributed by atoms with Crippen molar-refractivity contribution in [3.8, 4) is 0 Å². The number of aliphatic hydroxyl groups is 1. The molecule has 0 bridgehead atoms. The lowest BCUT2D eigenvalue weighted by molar-refractivity contribution is 0.172.